The highest BCUT2D eigenvalue weighted by Gasteiger charge is 2.35. The standard InChI is InChI=1S/C33H49N7O5S/c1-19(2)23-16-35-40-27(39(31(43)45-33(7,8)9)20(3)29-36-24(18-46-29)21-10-11-21)14-26(37-28(23)40)34-15-22-12-13-38(17-25(22)41)30(42)44-32(4,5)6/h14,16,18-22,25,41H,10-13,15,17H2,1-9H3,(H,34,37)/t20-,22+,25-/m0/s1. The number of fused-ring (bicyclic) bond motifs is 1. The predicted molar refractivity (Wildman–Crippen MR) is 179 cm³/mol. The summed E-state index contributed by atoms with van der Waals surface area (Å²) in [7, 11) is 0. The van der Waals surface area contributed by atoms with Crippen LogP contribution < -0.4 is 10.2 Å². The first-order valence-electron chi connectivity index (χ1n) is 16.3. The van der Waals surface area contributed by atoms with Gasteiger partial charge in [0.15, 0.2) is 5.65 Å². The van der Waals surface area contributed by atoms with E-state index in [4.69, 9.17) is 19.4 Å². The molecule has 0 spiro atoms. The van der Waals surface area contributed by atoms with Crippen LogP contribution in [0.4, 0.5) is 21.2 Å². The lowest BCUT2D eigenvalue weighted by atomic mass is 9.94. The third kappa shape index (κ3) is 7.91. The molecule has 12 nitrogen and oxygen atoms in total. The lowest BCUT2D eigenvalue weighted by Crippen LogP contribution is -2.49. The van der Waals surface area contributed by atoms with Crippen LogP contribution >= 0.6 is 11.3 Å². The minimum Gasteiger partial charge on any atom is -0.444 e. The van der Waals surface area contributed by atoms with Crippen molar-refractivity contribution in [3.05, 3.63) is 33.9 Å². The van der Waals surface area contributed by atoms with E-state index in [-0.39, 0.29) is 18.4 Å². The van der Waals surface area contributed by atoms with Gasteiger partial charge in [-0.15, -0.1) is 11.3 Å². The van der Waals surface area contributed by atoms with Crippen molar-refractivity contribution in [1.82, 2.24) is 24.5 Å². The highest BCUT2D eigenvalue weighted by molar-refractivity contribution is 7.09. The molecule has 3 aromatic rings. The lowest BCUT2D eigenvalue weighted by molar-refractivity contribution is -0.0104. The molecule has 4 heterocycles. The average molecular weight is 656 g/mol. The summed E-state index contributed by atoms with van der Waals surface area (Å²) in [6.45, 7) is 18.3. The molecular formula is C33H49N7O5S. The fourth-order valence-electron chi connectivity index (χ4n) is 5.51. The monoisotopic (exact) mass is 655 g/mol. The third-order valence-electron chi connectivity index (χ3n) is 8.14. The molecule has 2 amide bonds. The zero-order chi connectivity index (χ0) is 33.6. The van der Waals surface area contributed by atoms with Gasteiger partial charge >= 0.3 is 12.2 Å². The van der Waals surface area contributed by atoms with Crippen molar-refractivity contribution < 1.29 is 24.2 Å². The number of carbonyl (C=O) groups is 2. The number of β-amino-alcohol motifs (C(OH)–C–C–N with tert-alkyl or cyclic N) is 1. The van der Waals surface area contributed by atoms with Crippen molar-refractivity contribution in [3.63, 3.8) is 0 Å². The van der Waals surface area contributed by atoms with Crippen LogP contribution in [0.2, 0.25) is 0 Å². The maximum Gasteiger partial charge on any atom is 0.416 e. The van der Waals surface area contributed by atoms with E-state index in [0.29, 0.717) is 42.7 Å². The maximum atomic E-state index is 14.0. The number of amides is 2. The first kappa shape index (κ1) is 33.9. The number of piperidine rings is 1. The van der Waals surface area contributed by atoms with E-state index < -0.39 is 35.5 Å². The number of hydrogen-bond acceptors (Lipinski definition) is 10. The van der Waals surface area contributed by atoms with Crippen molar-refractivity contribution in [1.29, 1.82) is 0 Å². The van der Waals surface area contributed by atoms with E-state index in [1.165, 1.54) is 0 Å². The Bertz CT molecular complexity index is 1550. The number of aliphatic hydroxyl groups is 1. The van der Waals surface area contributed by atoms with Crippen LogP contribution in [-0.2, 0) is 9.47 Å². The van der Waals surface area contributed by atoms with E-state index >= 15 is 0 Å². The van der Waals surface area contributed by atoms with Crippen LogP contribution in [0.15, 0.2) is 17.6 Å². The summed E-state index contributed by atoms with van der Waals surface area (Å²) in [5, 5.41) is 22.0. The number of thiazole rings is 1. The molecule has 252 valence electrons. The molecule has 2 N–H and O–H groups in total. The molecule has 1 saturated carbocycles. The highest BCUT2D eigenvalue weighted by atomic mass is 32.1. The third-order valence-corrected chi connectivity index (χ3v) is 9.17. The number of rotatable bonds is 8. The van der Waals surface area contributed by atoms with Gasteiger partial charge in [0.2, 0.25) is 0 Å². The fourth-order valence-corrected chi connectivity index (χ4v) is 6.46. The van der Waals surface area contributed by atoms with Gasteiger partial charge in [0.1, 0.15) is 27.8 Å². The fraction of sp³-hybridized carbons (Fsp3) is 0.667. The van der Waals surface area contributed by atoms with E-state index in [1.807, 2.05) is 54.5 Å². The highest BCUT2D eigenvalue weighted by Crippen LogP contribution is 2.42. The molecule has 2 fully saturated rings. The summed E-state index contributed by atoms with van der Waals surface area (Å²) >= 11 is 1.55. The Morgan fingerprint density at radius 1 is 1.09 bits per heavy atom. The average Bonchev–Trinajstić information content (AvgIpc) is 3.50. The van der Waals surface area contributed by atoms with E-state index in [1.54, 1.807) is 31.8 Å². The van der Waals surface area contributed by atoms with Crippen LogP contribution in [-0.4, -0.2) is 78.7 Å². The largest absolute Gasteiger partial charge is 0.444 e. The second kappa shape index (κ2) is 13.0. The Morgan fingerprint density at radius 3 is 2.39 bits per heavy atom. The summed E-state index contributed by atoms with van der Waals surface area (Å²) < 4.78 is 13.1. The number of likely N-dealkylation sites (tertiary alicyclic amines) is 1. The van der Waals surface area contributed by atoms with Crippen LogP contribution in [0.3, 0.4) is 0 Å². The molecule has 1 aliphatic heterocycles. The second-order valence-corrected chi connectivity index (χ2v) is 15.7. The van der Waals surface area contributed by atoms with Crippen molar-refractivity contribution in [3.8, 4) is 0 Å². The van der Waals surface area contributed by atoms with Crippen LogP contribution in [0.25, 0.3) is 5.65 Å². The van der Waals surface area contributed by atoms with Gasteiger partial charge in [-0.1, -0.05) is 13.8 Å². The number of aliphatic hydroxyl groups excluding tert-OH is 1. The van der Waals surface area contributed by atoms with Crippen LogP contribution in [0.5, 0.6) is 0 Å². The van der Waals surface area contributed by atoms with Crippen molar-refractivity contribution >= 4 is 40.8 Å². The molecule has 1 aliphatic carbocycles. The number of nitrogens with zero attached hydrogens (tertiary/aromatic N) is 6. The molecule has 1 saturated heterocycles. The van der Waals surface area contributed by atoms with Crippen LogP contribution in [0.1, 0.15) is 116 Å². The van der Waals surface area contributed by atoms with E-state index in [0.717, 1.165) is 29.1 Å². The number of nitrogens with one attached hydrogen (secondary N) is 1. The summed E-state index contributed by atoms with van der Waals surface area (Å²) in [5.41, 5.74) is 1.33. The number of hydrogen-bond donors (Lipinski definition) is 2. The summed E-state index contributed by atoms with van der Waals surface area (Å²) in [5.74, 6) is 1.57. The number of carbonyl (C=O) groups excluding carboxylic acids is 2. The first-order chi connectivity index (χ1) is 21.5. The molecule has 0 radical (unpaired) electrons. The quantitative estimate of drug-likeness (QED) is 0.271. The Balaban J connectivity index is 1.45. The smallest absolute Gasteiger partial charge is 0.416 e. The molecule has 2 aliphatic rings. The molecule has 0 aromatic carbocycles. The first-order valence-corrected chi connectivity index (χ1v) is 17.1. The van der Waals surface area contributed by atoms with Gasteiger partial charge in [-0.25, -0.2) is 19.6 Å². The van der Waals surface area contributed by atoms with Crippen molar-refractivity contribution in [2.24, 2.45) is 5.92 Å². The van der Waals surface area contributed by atoms with Gasteiger partial charge in [0.05, 0.1) is 30.6 Å². The Hall–Kier alpha value is -3.45. The normalized spacial score (nSPS) is 19.8. The minimum absolute atomic E-state index is 0.119. The second-order valence-electron chi connectivity index (χ2n) is 14.8. The van der Waals surface area contributed by atoms with Crippen molar-refractivity contribution in [2.45, 2.75) is 117 Å². The summed E-state index contributed by atoms with van der Waals surface area (Å²) in [4.78, 5) is 39.6. The Kier molecular flexibility index (Phi) is 9.57. The zero-order valence-corrected chi connectivity index (χ0v) is 29.3. The molecule has 5 rings (SSSR count). The lowest BCUT2D eigenvalue weighted by Gasteiger charge is -2.36. The van der Waals surface area contributed by atoms with E-state index in [9.17, 15) is 14.7 Å². The van der Waals surface area contributed by atoms with Gasteiger partial charge in [-0.2, -0.15) is 9.61 Å². The zero-order valence-electron chi connectivity index (χ0n) is 28.5. The number of ether oxygens (including phenoxy) is 2. The predicted octanol–water partition coefficient (Wildman–Crippen LogP) is 6.72. The van der Waals surface area contributed by atoms with E-state index in [2.05, 4.69) is 29.6 Å². The van der Waals surface area contributed by atoms with Gasteiger partial charge in [0.25, 0.3) is 0 Å². The SMILES string of the molecule is CC(C)c1cnn2c(N(C(=O)OC(C)(C)C)[C@@H](C)c3nc(C4CC4)cs3)cc(NC[C@H]3CCN(C(=O)OC(C)(C)C)C[C@@H]3O)nc12. The molecule has 13 heteroatoms. The maximum absolute atomic E-state index is 14.0. The van der Waals surface area contributed by atoms with Crippen LogP contribution in [0, 0.1) is 5.92 Å². The Morgan fingerprint density at radius 2 is 1.78 bits per heavy atom. The topological polar surface area (TPSA) is 134 Å². The van der Waals surface area contributed by atoms with Crippen molar-refractivity contribution in [2.75, 3.05) is 29.9 Å². The summed E-state index contributed by atoms with van der Waals surface area (Å²) in [6.07, 6.45) is 3.03. The minimum atomic E-state index is -0.734. The van der Waals surface area contributed by atoms with Gasteiger partial charge < -0.3 is 24.8 Å². The van der Waals surface area contributed by atoms with Gasteiger partial charge in [-0.05, 0) is 73.6 Å². The molecule has 3 aromatic heterocycles. The Labute approximate surface area is 275 Å². The molecule has 3 atom stereocenters. The number of aromatic nitrogens is 4. The number of anilines is 2. The molecule has 0 unspecified atom stereocenters. The molecular weight excluding hydrogens is 606 g/mol. The van der Waals surface area contributed by atoms with Gasteiger partial charge in [0, 0.05) is 41.9 Å². The molecule has 0 bridgehead atoms. The van der Waals surface area contributed by atoms with Gasteiger partial charge in [-0.3, -0.25) is 4.90 Å². The molecule has 46 heavy (non-hydrogen) atoms. The summed E-state index contributed by atoms with van der Waals surface area (Å²) in [6, 6.07) is 1.37.